The van der Waals surface area contributed by atoms with Gasteiger partial charge < -0.3 is 24.7 Å². The van der Waals surface area contributed by atoms with Gasteiger partial charge in [0.05, 0.1) is 54.1 Å². The van der Waals surface area contributed by atoms with Crippen LogP contribution in [0.3, 0.4) is 0 Å². The van der Waals surface area contributed by atoms with E-state index >= 15 is 0 Å². The number of hydrogen-bond donors (Lipinski definition) is 2. The summed E-state index contributed by atoms with van der Waals surface area (Å²) in [7, 11) is 0. The average molecular weight is 662 g/mol. The second-order valence-electron chi connectivity index (χ2n) is 11.4. The number of aryl methyl sites for hydroxylation is 2. The lowest BCUT2D eigenvalue weighted by Gasteiger charge is -2.16. The number of rotatable bonds is 16. The fourth-order valence-corrected chi connectivity index (χ4v) is 6.44. The standard InChI is InChI=1S/C38H39N5O4S/c1-27-14-16-28(17-15-27)48-25-18-35-42-38(45)31-10-4-7-13-34(31)43(35)26-36(44)39-19-21-46-23-24-47-22-20-40-37-29-8-2-5-11-32(29)41-33-12-6-3-9-30(33)37/h2-17H,18-26H2,1H3,(H,39,44)(H,40,41). The van der Waals surface area contributed by atoms with Gasteiger partial charge in [-0.25, -0.2) is 4.98 Å². The zero-order valence-corrected chi connectivity index (χ0v) is 27.8. The van der Waals surface area contributed by atoms with Crippen LogP contribution in [-0.2, 0) is 27.2 Å². The zero-order chi connectivity index (χ0) is 33.1. The number of carbonyl (C=O) groups excluding carboxylic acids is 1. The van der Waals surface area contributed by atoms with Gasteiger partial charge in [0, 0.05) is 40.9 Å². The number of anilines is 1. The maximum Gasteiger partial charge on any atom is 0.280 e. The molecule has 0 aliphatic carbocycles. The van der Waals surface area contributed by atoms with Crippen LogP contribution in [0.15, 0.2) is 107 Å². The number of carbonyl (C=O) groups is 1. The summed E-state index contributed by atoms with van der Waals surface area (Å²) >= 11 is 1.70. The first-order chi connectivity index (χ1) is 23.6. The Bertz CT molecular complexity index is 2010. The van der Waals surface area contributed by atoms with Gasteiger partial charge in [0.1, 0.15) is 12.4 Å². The number of amides is 1. The Morgan fingerprint density at radius 3 is 2.08 bits per heavy atom. The molecule has 0 spiro atoms. The van der Waals surface area contributed by atoms with Crippen LogP contribution in [0, 0.1) is 6.92 Å². The van der Waals surface area contributed by atoms with E-state index in [4.69, 9.17) is 14.5 Å². The van der Waals surface area contributed by atoms with Gasteiger partial charge in [0.2, 0.25) is 5.91 Å². The van der Waals surface area contributed by atoms with Crippen molar-refractivity contribution in [2.45, 2.75) is 24.8 Å². The van der Waals surface area contributed by atoms with Crippen LogP contribution in [0.5, 0.6) is 0 Å². The van der Waals surface area contributed by atoms with Crippen molar-refractivity contribution in [3.8, 4) is 0 Å². The molecule has 0 saturated carbocycles. The van der Waals surface area contributed by atoms with E-state index in [1.807, 2.05) is 59.2 Å². The van der Waals surface area contributed by atoms with Crippen molar-refractivity contribution in [2.24, 2.45) is 0 Å². The summed E-state index contributed by atoms with van der Waals surface area (Å²) in [5, 5.41) is 9.13. The highest BCUT2D eigenvalue weighted by molar-refractivity contribution is 7.99. The molecule has 2 N–H and O–H groups in total. The lowest BCUT2D eigenvalue weighted by atomic mass is 10.1. The molecule has 0 aliphatic heterocycles. The molecule has 0 aliphatic rings. The smallest absolute Gasteiger partial charge is 0.280 e. The third-order valence-electron chi connectivity index (χ3n) is 7.96. The molecule has 2 aromatic heterocycles. The van der Waals surface area contributed by atoms with Crippen LogP contribution in [-0.4, -0.2) is 65.7 Å². The van der Waals surface area contributed by atoms with Crippen molar-refractivity contribution in [3.63, 3.8) is 0 Å². The van der Waals surface area contributed by atoms with Crippen LogP contribution in [0.1, 0.15) is 11.4 Å². The molecule has 2 heterocycles. The molecule has 6 rings (SSSR count). The van der Waals surface area contributed by atoms with Crippen molar-refractivity contribution < 1.29 is 14.3 Å². The Morgan fingerprint density at radius 2 is 1.38 bits per heavy atom. The molecule has 0 bridgehead atoms. The van der Waals surface area contributed by atoms with Crippen LogP contribution in [0.25, 0.3) is 32.7 Å². The Morgan fingerprint density at radius 1 is 0.750 bits per heavy atom. The predicted octanol–water partition coefficient (Wildman–Crippen LogP) is 6.00. The fourth-order valence-electron chi connectivity index (χ4n) is 5.59. The van der Waals surface area contributed by atoms with Crippen LogP contribution < -0.4 is 16.2 Å². The molecule has 6 aromatic rings. The van der Waals surface area contributed by atoms with Crippen LogP contribution in [0.4, 0.5) is 5.69 Å². The number of benzene rings is 4. The Hall–Kier alpha value is -4.77. The summed E-state index contributed by atoms with van der Waals surface area (Å²) in [6.07, 6.45) is 0.556. The molecular formula is C38H39N5O4S. The van der Waals surface area contributed by atoms with Gasteiger partial charge in [-0.15, -0.1) is 11.8 Å². The minimum absolute atomic E-state index is 0.0660. The van der Waals surface area contributed by atoms with Crippen molar-refractivity contribution in [1.82, 2.24) is 19.9 Å². The number of nitrogens with zero attached hydrogens (tertiary/aromatic N) is 3. The molecule has 4 aromatic carbocycles. The highest BCUT2D eigenvalue weighted by Crippen LogP contribution is 2.30. The maximum absolute atomic E-state index is 13.0. The average Bonchev–Trinajstić information content (AvgIpc) is 3.11. The van der Waals surface area contributed by atoms with Gasteiger partial charge >= 0.3 is 0 Å². The molecule has 0 fully saturated rings. The molecular weight excluding hydrogens is 623 g/mol. The van der Waals surface area contributed by atoms with E-state index in [2.05, 4.69) is 58.9 Å². The number of fused-ring (bicyclic) bond motifs is 3. The SMILES string of the molecule is Cc1ccc(SCCc2nc(=O)c3ccccc3n2CC(=O)NCCOCCOCCNc2c3ccccc3nc3ccccc23)cc1. The lowest BCUT2D eigenvalue weighted by molar-refractivity contribution is -0.121. The van der Waals surface area contributed by atoms with E-state index in [1.165, 1.54) is 5.56 Å². The van der Waals surface area contributed by atoms with E-state index in [1.54, 1.807) is 17.8 Å². The van der Waals surface area contributed by atoms with Gasteiger partial charge in [-0.05, 0) is 43.3 Å². The van der Waals surface area contributed by atoms with Gasteiger partial charge in [-0.2, -0.15) is 4.98 Å². The van der Waals surface area contributed by atoms with Gasteiger partial charge in [0.25, 0.3) is 5.56 Å². The molecule has 1 amide bonds. The first-order valence-corrected chi connectivity index (χ1v) is 17.2. The first kappa shape index (κ1) is 33.1. The highest BCUT2D eigenvalue weighted by atomic mass is 32.2. The predicted molar refractivity (Wildman–Crippen MR) is 194 cm³/mol. The summed E-state index contributed by atoms with van der Waals surface area (Å²) in [6, 6.07) is 31.9. The fraction of sp³-hybridized carbons (Fsp3) is 0.263. The third-order valence-corrected chi connectivity index (χ3v) is 8.97. The van der Waals surface area contributed by atoms with Gasteiger partial charge in [-0.3, -0.25) is 9.59 Å². The monoisotopic (exact) mass is 661 g/mol. The van der Waals surface area contributed by atoms with Crippen molar-refractivity contribution in [3.05, 3.63) is 119 Å². The zero-order valence-electron chi connectivity index (χ0n) is 27.0. The minimum Gasteiger partial charge on any atom is -0.382 e. The van der Waals surface area contributed by atoms with E-state index in [-0.39, 0.29) is 18.0 Å². The highest BCUT2D eigenvalue weighted by Gasteiger charge is 2.14. The number of pyridine rings is 1. The lowest BCUT2D eigenvalue weighted by Crippen LogP contribution is -2.33. The summed E-state index contributed by atoms with van der Waals surface area (Å²) in [5.41, 5.74) is 4.61. The van der Waals surface area contributed by atoms with E-state index in [0.717, 1.165) is 38.1 Å². The number of ether oxygens (including phenoxy) is 2. The largest absolute Gasteiger partial charge is 0.382 e. The number of thioether (sulfide) groups is 1. The third kappa shape index (κ3) is 8.38. The van der Waals surface area contributed by atoms with Crippen molar-refractivity contribution in [1.29, 1.82) is 0 Å². The molecule has 9 nitrogen and oxygen atoms in total. The van der Waals surface area contributed by atoms with Crippen molar-refractivity contribution >= 4 is 56.1 Å². The van der Waals surface area contributed by atoms with E-state index in [9.17, 15) is 9.59 Å². The van der Waals surface area contributed by atoms with Crippen LogP contribution >= 0.6 is 11.8 Å². The maximum atomic E-state index is 13.0. The Balaban J connectivity index is 0.929. The van der Waals surface area contributed by atoms with Gasteiger partial charge in [-0.1, -0.05) is 66.2 Å². The Labute approximate surface area is 283 Å². The van der Waals surface area contributed by atoms with Crippen molar-refractivity contribution in [2.75, 3.05) is 50.6 Å². The molecule has 10 heteroatoms. The summed E-state index contributed by atoms with van der Waals surface area (Å²) < 4.78 is 13.3. The van der Waals surface area contributed by atoms with E-state index < -0.39 is 0 Å². The molecule has 246 valence electrons. The number of nitrogens with one attached hydrogen (secondary N) is 2. The molecule has 48 heavy (non-hydrogen) atoms. The summed E-state index contributed by atoms with van der Waals surface area (Å²) in [5.74, 6) is 1.17. The molecule has 0 saturated heterocycles. The number of para-hydroxylation sites is 3. The van der Waals surface area contributed by atoms with Gasteiger partial charge in [0.15, 0.2) is 0 Å². The quantitative estimate of drug-likeness (QED) is 0.0739. The van der Waals surface area contributed by atoms with E-state index in [0.29, 0.717) is 62.7 Å². The summed E-state index contributed by atoms with van der Waals surface area (Å²) in [6.45, 7) is 4.91. The summed E-state index contributed by atoms with van der Waals surface area (Å²) in [4.78, 5) is 36.0. The second-order valence-corrected chi connectivity index (χ2v) is 12.5. The first-order valence-electron chi connectivity index (χ1n) is 16.2. The molecule has 0 unspecified atom stereocenters. The topological polar surface area (TPSA) is 107 Å². The molecule has 0 atom stereocenters. The number of aromatic nitrogens is 3. The number of hydrogen-bond acceptors (Lipinski definition) is 8. The molecule has 0 radical (unpaired) electrons. The van der Waals surface area contributed by atoms with Crippen LogP contribution in [0.2, 0.25) is 0 Å². The second kappa shape index (κ2) is 16.4. The normalized spacial score (nSPS) is 11.4. The minimum atomic E-state index is -0.275. The Kier molecular flexibility index (Phi) is 11.3.